The lowest BCUT2D eigenvalue weighted by molar-refractivity contribution is 0.206. The van der Waals surface area contributed by atoms with Gasteiger partial charge in [0.15, 0.2) is 11.6 Å². The summed E-state index contributed by atoms with van der Waals surface area (Å²) >= 11 is 0. The molecule has 34 heavy (non-hydrogen) atoms. The summed E-state index contributed by atoms with van der Waals surface area (Å²) in [5, 5.41) is 7.72. The Kier molecular flexibility index (Phi) is 5.63. The molecule has 4 heterocycles. The minimum atomic E-state index is -0.399. The zero-order valence-electron chi connectivity index (χ0n) is 19.4. The van der Waals surface area contributed by atoms with E-state index in [0.29, 0.717) is 24.4 Å². The number of ether oxygens (including phenoxy) is 1. The first-order chi connectivity index (χ1) is 16.4. The maximum Gasteiger partial charge on any atom is 0.317 e. The highest BCUT2D eigenvalue weighted by Crippen LogP contribution is 2.44. The summed E-state index contributed by atoms with van der Waals surface area (Å²) in [7, 11) is 0. The largest absolute Gasteiger partial charge is 0.482 e. The maximum atomic E-state index is 13.6. The van der Waals surface area contributed by atoms with Crippen molar-refractivity contribution in [2.24, 2.45) is 0 Å². The van der Waals surface area contributed by atoms with E-state index >= 15 is 0 Å². The number of benzene rings is 1. The van der Waals surface area contributed by atoms with Gasteiger partial charge in [0.1, 0.15) is 11.9 Å². The summed E-state index contributed by atoms with van der Waals surface area (Å²) in [6, 6.07) is 10.2. The van der Waals surface area contributed by atoms with Crippen molar-refractivity contribution in [3.8, 4) is 17.0 Å². The molecule has 1 unspecified atom stereocenters. The van der Waals surface area contributed by atoms with E-state index < -0.39 is 6.10 Å². The predicted molar refractivity (Wildman–Crippen MR) is 127 cm³/mol. The number of halogens is 1. The minimum absolute atomic E-state index is 0.00509. The fourth-order valence-electron chi connectivity index (χ4n) is 5.03. The van der Waals surface area contributed by atoms with E-state index in [4.69, 9.17) is 15.6 Å². The number of hydrogen-bond donors (Lipinski definition) is 2. The molecule has 1 aromatic carbocycles. The molecule has 0 radical (unpaired) electrons. The number of nitrogen functional groups attached to an aromatic ring is 1. The zero-order valence-corrected chi connectivity index (χ0v) is 19.4. The van der Waals surface area contributed by atoms with Crippen LogP contribution in [0.2, 0.25) is 0 Å². The van der Waals surface area contributed by atoms with Crippen molar-refractivity contribution in [1.82, 2.24) is 25.0 Å². The van der Waals surface area contributed by atoms with Gasteiger partial charge in [-0.2, -0.15) is 5.10 Å². The van der Waals surface area contributed by atoms with E-state index in [0.717, 1.165) is 42.9 Å². The molecule has 5 rings (SSSR count). The van der Waals surface area contributed by atoms with E-state index in [1.54, 1.807) is 12.3 Å². The van der Waals surface area contributed by atoms with Crippen LogP contribution in [0.3, 0.4) is 0 Å². The standard InChI is InChI=1S/C25H29FN6O2/c1-3-28-24(33)31-9-7-25(15-31)8-10-32-22(25)13-20(30-32)18-12-21(23(27)29-14-18)34-16(2)17-5-4-6-19(26)11-17/h4-6,11-14,16H,3,7-10,15H2,1-2H3,(H2,27,29)(H,28,33)/t16?,25-/m1/s1. The number of nitrogens with two attached hydrogens (primary N) is 1. The summed E-state index contributed by atoms with van der Waals surface area (Å²) in [6.45, 7) is 6.65. The van der Waals surface area contributed by atoms with Gasteiger partial charge in [-0.25, -0.2) is 14.2 Å². The van der Waals surface area contributed by atoms with Gasteiger partial charge in [-0.15, -0.1) is 0 Å². The Morgan fingerprint density at radius 2 is 2.12 bits per heavy atom. The molecule has 3 N–H and O–H groups in total. The second kappa shape index (κ2) is 8.62. The van der Waals surface area contributed by atoms with Crippen molar-refractivity contribution in [3.05, 3.63) is 59.7 Å². The number of anilines is 1. The minimum Gasteiger partial charge on any atom is -0.482 e. The number of aromatic nitrogens is 3. The Balaban J connectivity index is 1.38. The van der Waals surface area contributed by atoms with Crippen LogP contribution in [0.25, 0.3) is 11.3 Å². The molecule has 2 aromatic heterocycles. The summed E-state index contributed by atoms with van der Waals surface area (Å²) in [4.78, 5) is 18.6. The van der Waals surface area contributed by atoms with Gasteiger partial charge in [-0.05, 0) is 56.5 Å². The molecule has 2 aliphatic heterocycles. The number of nitrogens with zero attached hydrogens (tertiary/aromatic N) is 4. The average molecular weight is 465 g/mol. The first-order valence-corrected chi connectivity index (χ1v) is 11.7. The van der Waals surface area contributed by atoms with E-state index in [1.165, 1.54) is 12.1 Å². The fraction of sp³-hybridized carbons (Fsp3) is 0.400. The molecule has 8 nitrogen and oxygen atoms in total. The second-order valence-corrected chi connectivity index (χ2v) is 9.10. The number of hydrogen-bond acceptors (Lipinski definition) is 5. The van der Waals surface area contributed by atoms with E-state index in [2.05, 4.69) is 16.4 Å². The lowest BCUT2D eigenvalue weighted by atomic mass is 9.82. The van der Waals surface area contributed by atoms with Gasteiger partial charge in [-0.1, -0.05) is 12.1 Å². The van der Waals surface area contributed by atoms with Crippen molar-refractivity contribution in [3.63, 3.8) is 0 Å². The SMILES string of the molecule is CCNC(=O)N1CC[C@@]2(CCn3nc(-c4cnc(N)c(OC(C)c5cccc(F)c5)c4)cc32)C1. The van der Waals surface area contributed by atoms with Gasteiger partial charge < -0.3 is 20.7 Å². The maximum absolute atomic E-state index is 13.6. The topological polar surface area (TPSA) is 98.3 Å². The average Bonchev–Trinajstić information content (AvgIpc) is 3.52. The van der Waals surface area contributed by atoms with Gasteiger partial charge in [0.05, 0.1) is 5.69 Å². The Bertz CT molecular complexity index is 1230. The number of nitrogens with one attached hydrogen (secondary N) is 1. The summed E-state index contributed by atoms with van der Waals surface area (Å²) in [5.74, 6) is 0.385. The number of likely N-dealkylation sites (tertiary alicyclic amines) is 1. The molecule has 2 aliphatic rings. The van der Waals surface area contributed by atoms with Crippen LogP contribution in [0.1, 0.15) is 44.1 Å². The molecule has 3 aromatic rings. The molecule has 1 spiro atoms. The normalized spacial score (nSPS) is 19.9. The van der Waals surface area contributed by atoms with E-state index in [9.17, 15) is 9.18 Å². The summed E-state index contributed by atoms with van der Waals surface area (Å²) < 4.78 is 21.7. The summed E-state index contributed by atoms with van der Waals surface area (Å²) in [5.41, 5.74) is 9.47. The van der Waals surface area contributed by atoms with Crippen LogP contribution in [0.15, 0.2) is 42.6 Å². The van der Waals surface area contributed by atoms with Crippen LogP contribution < -0.4 is 15.8 Å². The number of amides is 2. The lowest BCUT2D eigenvalue weighted by Crippen LogP contribution is -2.40. The molecule has 178 valence electrons. The van der Waals surface area contributed by atoms with Gasteiger partial charge >= 0.3 is 6.03 Å². The van der Waals surface area contributed by atoms with Gasteiger partial charge in [0, 0.05) is 49.0 Å². The molecular formula is C25H29FN6O2. The lowest BCUT2D eigenvalue weighted by Gasteiger charge is -2.23. The zero-order chi connectivity index (χ0) is 23.9. The molecule has 1 fully saturated rings. The Morgan fingerprint density at radius 3 is 2.91 bits per heavy atom. The third kappa shape index (κ3) is 3.95. The molecular weight excluding hydrogens is 435 g/mol. The second-order valence-electron chi connectivity index (χ2n) is 9.10. The Hall–Kier alpha value is -3.62. The van der Waals surface area contributed by atoms with Crippen molar-refractivity contribution in [2.45, 2.75) is 44.8 Å². The van der Waals surface area contributed by atoms with Crippen LogP contribution in [-0.2, 0) is 12.0 Å². The first kappa shape index (κ1) is 22.2. The molecule has 2 atom stereocenters. The number of carbonyl (C=O) groups excluding carboxylic acids is 1. The number of fused-ring (bicyclic) bond motifs is 2. The third-order valence-corrected chi connectivity index (χ3v) is 6.89. The molecule has 0 aliphatic carbocycles. The number of pyridine rings is 1. The van der Waals surface area contributed by atoms with Gasteiger partial charge in [-0.3, -0.25) is 4.68 Å². The summed E-state index contributed by atoms with van der Waals surface area (Å²) in [6.07, 6.45) is 3.19. The molecule has 1 saturated heterocycles. The third-order valence-electron chi connectivity index (χ3n) is 6.89. The fourth-order valence-corrected chi connectivity index (χ4v) is 5.03. The quantitative estimate of drug-likeness (QED) is 0.597. The number of aryl methyl sites for hydroxylation is 1. The van der Waals surface area contributed by atoms with E-state index in [1.807, 2.05) is 35.6 Å². The van der Waals surface area contributed by atoms with Gasteiger partial charge in [0.25, 0.3) is 0 Å². The number of urea groups is 1. The predicted octanol–water partition coefficient (Wildman–Crippen LogP) is 3.88. The number of rotatable bonds is 5. The van der Waals surface area contributed by atoms with Crippen LogP contribution in [0.5, 0.6) is 5.75 Å². The van der Waals surface area contributed by atoms with Crippen LogP contribution >= 0.6 is 0 Å². The Labute approximate surface area is 197 Å². The highest BCUT2D eigenvalue weighted by molar-refractivity contribution is 5.75. The molecule has 9 heteroatoms. The van der Waals surface area contributed by atoms with Crippen LogP contribution in [0, 0.1) is 5.82 Å². The van der Waals surface area contributed by atoms with Crippen LogP contribution in [0.4, 0.5) is 15.0 Å². The highest BCUT2D eigenvalue weighted by Gasteiger charge is 2.46. The van der Waals surface area contributed by atoms with Crippen molar-refractivity contribution in [2.75, 3.05) is 25.4 Å². The molecule has 0 saturated carbocycles. The van der Waals surface area contributed by atoms with Crippen molar-refractivity contribution >= 4 is 11.8 Å². The van der Waals surface area contributed by atoms with Gasteiger partial charge in [0.2, 0.25) is 0 Å². The highest BCUT2D eigenvalue weighted by atomic mass is 19.1. The van der Waals surface area contributed by atoms with E-state index in [-0.39, 0.29) is 23.1 Å². The van der Waals surface area contributed by atoms with Crippen molar-refractivity contribution < 1.29 is 13.9 Å². The van der Waals surface area contributed by atoms with Crippen LogP contribution in [-0.4, -0.2) is 45.3 Å². The molecule has 2 amide bonds. The smallest absolute Gasteiger partial charge is 0.317 e. The number of carbonyl (C=O) groups is 1. The van der Waals surface area contributed by atoms with Crippen molar-refractivity contribution in [1.29, 1.82) is 0 Å². The first-order valence-electron chi connectivity index (χ1n) is 11.7. The molecule has 0 bridgehead atoms. The monoisotopic (exact) mass is 464 g/mol. The Morgan fingerprint density at radius 1 is 1.29 bits per heavy atom.